The fourth-order valence-corrected chi connectivity index (χ4v) is 5.64. The van der Waals surface area contributed by atoms with Crippen molar-refractivity contribution < 1.29 is 18.0 Å². The number of rotatable bonds is 11. The van der Waals surface area contributed by atoms with E-state index in [4.69, 9.17) is 11.6 Å². The molecule has 0 spiro atoms. The van der Waals surface area contributed by atoms with Gasteiger partial charge in [0.05, 0.1) is 10.6 Å². The number of nitrogens with one attached hydrogen (secondary N) is 1. The van der Waals surface area contributed by atoms with E-state index in [1.165, 1.54) is 17.0 Å². The smallest absolute Gasteiger partial charge is 0.264 e. The van der Waals surface area contributed by atoms with Gasteiger partial charge in [0.25, 0.3) is 10.0 Å². The zero-order valence-electron chi connectivity index (χ0n) is 21.5. The summed E-state index contributed by atoms with van der Waals surface area (Å²) in [6, 6.07) is 20.7. The Morgan fingerprint density at radius 1 is 0.947 bits per heavy atom. The highest BCUT2D eigenvalue weighted by atomic mass is 79.9. The van der Waals surface area contributed by atoms with Gasteiger partial charge in [-0.15, -0.1) is 0 Å². The maximum atomic E-state index is 13.8. The molecular formula is C28H31BrClN3O4S. The minimum absolute atomic E-state index is 0.0554. The lowest BCUT2D eigenvalue weighted by molar-refractivity contribution is -0.139. The molecule has 0 aliphatic rings. The zero-order chi connectivity index (χ0) is 27.9. The average molecular weight is 621 g/mol. The molecule has 0 aliphatic carbocycles. The van der Waals surface area contributed by atoms with Gasteiger partial charge in [-0.25, -0.2) is 8.42 Å². The largest absolute Gasteiger partial charge is 0.354 e. The maximum Gasteiger partial charge on any atom is 0.264 e. The minimum atomic E-state index is -4.09. The van der Waals surface area contributed by atoms with Crippen molar-refractivity contribution in [3.8, 4) is 0 Å². The van der Waals surface area contributed by atoms with Gasteiger partial charge >= 0.3 is 0 Å². The van der Waals surface area contributed by atoms with E-state index in [-0.39, 0.29) is 23.3 Å². The van der Waals surface area contributed by atoms with Crippen LogP contribution >= 0.6 is 27.5 Å². The van der Waals surface area contributed by atoms with E-state index in [1.54, 1.807) is 73.7 Å². The van der Waals surface area contributed by atoms with E-state index in [1.807, 2.05) is 13.8 Å². The van der Waals surface area contributed by atoms with Crippen molar-refractivity contribution in [2.24, 2.45) is 5.92 Å². The van der Waals surface area contributed by atoms with Crippen LogP contribution in [-0.2, 0) is 26.2 Å². The third kappa shape index (κ3) is 7.82. The highest BCUT2D eigenvalue weighted by molar-refractivity contribution is 9.10. The van der Waals surface area contributed by atoms with E-state index < -0.39 is 28.5 Å². The number of carbonyl (C=O) groups is 2. The van der Waals surface area contributed by atoms with Gasteiger partial charge in [-0.1, -0.05) is 71.7 Å². The molecule has 0 bridgehead atoms. The molecule has 0 radical (unpaired) electrons. The number of benzene rings is 3. The quantitative estimate of drug-likeness (QED) is 0.307. The number of hydrogen-bond donors (Lipinski definition) is 1. The van der Waals surface area contributed by atoms with Crippen LogP contribution in [0.3, 0.4) is 0 Å². The lowest BCUT2D eigenvalue weighted by Gasteiger charge is -2.32. The molecule has 2 amide bonds. The number of anilines is 1. The Morgan fingerprint density at radius 3 is 2.21 bits per heavy atom. The van der Waals surface area contributed by atoms with Gasteiger partial charge in [-0.2, -0.15) is 0 Å². The first kappa shape index (κ1) is 29.7. The van der Waals surface area contributed by atoms with Crippen LogP contribution in [0.1, 0.15) is 26.3 Å². The Bertz CT molecular complexity index is 1350. The molecule has 1 N–H and O–H groups in total. The fraction of sp³-hybridized carbons (Fsp3) is 0.286. The molecule has 202 valence electrons. The van der Waals surface area contributed by atoms with Crippen molar-refractivity contribution in [3.05, 3.63) is 93.9 Å². The SMILES string of the molecule is CC(C)CNC(=O)C(C)N(Cc1cccc(Cl)c1)C(=O)CN(c1ccc(Br)cc1)S(=O)(=O)c1ccccc1. The van der Waals surface area contributed by atoms with Gasteiger partial charge in [0.15, 0.2) is 0 Å². The predicted molar refractivity (Wildman–Crippen MR) is 154 cm³/mol. The number of carbonyl (C=O) groups excluding carboxylic acids is 2. The van der Waals surface area contributed by atoms with E-state index in [2.05, 4.69) is 21.2 Å². The molecule has 1 atom stereocenters. The molecule has 3 rings (SSSR count). The van der Waals surface area contributed by atoms with Crippen LogP contribution in [0.5, 0.6) is 0 Å². The van der Waals surface area contributed by atoms with Gasteiger partial charge in [-0.3, -0.25) is 13.9 Å². The van der Waals surface area contributed by atoms with Crippen LogP contribution in [0.2, 0.25) is 5.02 Å². The first-order valence-electron chi connectivity index (χ1n) is 12.1. The van der Waals surface area contributed by atoms with Crippen molar-refractivity contribution in [1.82, 2.24) is 10.2 Å². The van der Waals surface area contributed by atoms with Gasteiger partial charge in [0.2, 0.25) is 11.8 Å². The summed E-state index contributed by atoms with van der Waals surface area (Å²) in [5.41, 5.74) is 1.04. The Labute approximate surface area is 238 Å². The summed E-state index contributed by atoms with van der Waals surface area (Å²) in [7, 11) is -4.09. The Hall–Kier alpha value is -2.88. The summed E-state index contributed by atoms with van der Waals surface area (Å²) in [6.45, 7) is 5.62. The van der Waals surface area contributed by atoms with Crippen molar-refractivity contribution in [1.29, 1.82) is 0 Å². The van der Waals surface area contributed by atoms with Crippen molar-refractivity contribution in [2.75, 3.05) is 17.4 Å². The molecule has 0 aliphatic heterocycles. The van der Waals surface area contributed by atoms with Gasteiger partial charge in [0, 0.05) is 22.6 Å². The lowest BCUT2D eigenvalue weighted by atomic mass is 10.1. The third-order valence-corrected chi connectivity index (χ3v) is 8.37. The molecule has 0 saturated carbocycles. The normalized spacial score (nSPS) is 12.2. The number of halogens is 2. The molecule has 0 heterocycles. The second-order valence-electron chi connectivity index (χ2n) is 9.27. The monoisotopic (exact) mass is 619 g/mol. The zero-order valence-corrected chi connectivity index (χ0v) is 24.6. The second kappa shape index (κ2) is 13.3. The van der Waals surface area contributed by atoms with Crippen molar-refractivity contribution in [3.63, 3.8) is 0 Å². The fourth-order valence-electron chi connectivity index (χ4n) is 3.72. The molecule has 1 unspecified atom stereocenters. The molecule has 38 heavy (non-hydrogen) atoms. The minimum Gasteiger partial charge on any atom is -0.354 e. The van der Waals surface area contributed by atoms with E-state index in [0.717, 1.165) is 14.3 Å². The second-order valence-corrected chi connectivity index (χ2v) is 12.5. The summed E-state index contributed by atoms with van der Waals surface area (Å²) in [5, 5.41) is 3.36. The highest BCUT2D eigenvalue weighted by Crippen LogP contribution is 2.26. The van der Waals surface area contributed by atoms with Crippen LogP contribution in [0, 0.1) is 5.92 Å². The molecular weight excluding hydrogens is 590 g/mol. The number of sulfonamides is 1. The number of amides is 2. The van der Waals surface area contributed by atoms with E-state index in [9.17, 15) is 18.0 Å². The van der Waals surface area contributed by atoms with Gasteiger partial charge in [-0.05, 0) is 66.9 Å². The molecule has 3 aromatic carbocycles. The van der Waals surface area contributed by atoms with Crippen LogP contribution < -0.4 is 9.62 Å². The first-order chi connectivity index (χ1) is 18.0. The van der Waals surface area contributed by atoms with E-state index in [0.29, 0.717) is 17.3 Å². The highest BCUT2D eigenvalue weighted by Gasteiger charge is 2.32. The standard InChI is InChI=1S/C28H31BrClN3O4S/c1-20(2)17-31-28(35)21(3)32(18-22-8-7-9-24(30)16-22)27(34)19-33(25-14-12-23(29)13-15-25)38(36,37)26-10-5-4-6-11-26/h4-16,20-21H,17-19H2,1-3H3,(H,31,35). The summed E-state index contributed by atoms with van der Waals surface area (Å²) < 4.78 is 29.3. The van der Waals surface area contributed by atoms with Crippen LogP contribution in [0.15, 0.2) is 88.2 Å². The van der Waals surface area contributed by atoms with Crippen LogP contribution in [-0.4, -0.2) is 44.3 Å². The van der Waals surface area contributed by atoms with Crippen LogP contribution in [0.4, 0.5) is 5.69 Å². The predicted octanol–water partition coefficient (Wildman–Crippen LogP) is 5.49. The molecule has 3 aromatic rings. The summed E-state index contributed by atoms with van der Waals surface area (Å²) >= 11 is 9.53. The Kier molecular flexibility index (Phi) is 10.4. The van der Waals surface area contributed by atoms with Gasteiger partial charge in [0.1, 0.15) is 12.6 Å². The molecule has 7 nitrogen and oxygen atoms in total. The summed E-state index contributed by atoms with van der Waals surface area (Å²) in [4.78, 5) is 28.3. The summed E-state index contributed by atoms with van der Waals surface area (Å²) in [6.07, 6.45) is 0. The third-order valence-electron chi connectivity index (χ3n) is 5.82. The number of nitrogens with zero attached hydrogens (tertiary/aromatic N) is 2. The average Bonchev–Trinajstić information content (AvgIpc) is 2.89. The maximum absolute atomic E-state index is 13.8. The van der Waals surface area contributed by atoms with E-state index >= 15 is 0 Å². The van der Waals surface area contributed by atoms with Crippen molar-refractivity contribution >= 4 is 55.1 Å². The molecule has 0 saturated heterocycles. The van der Waals surface area contributed by atoms with Crippen molar-refractivity contribution in [2.45, 2.75) is 38.3 Å². The lowest BCUT2D eigenvalue weighted by Crippen LogP contribution is -2.51. The molecule has 0 aromatic heterocycles. The molecule has 10 heteroatoms. The van der Waals surface area contributed by atoms with Crippen LogP contribution in [0.25, 0.3) is 0 Å². The Balaban J connectivity index is 1.99. The topological polar surface area (TPSA) is 86.8 Å². The molecule has 0 fully saturated rings. The first-order valence-corrected chi connectivity index (χ1v) is 14.7. The number of hydrogen-bond acceptors (Lipinski definition) is 4. The summed E-state index contributed by atoms with van der Waals surface area (Å²) in [5.74, 6) is -0.623. The Morgan fingerprint density at radius 2 is 1.61 bits per heavy atom. The van der Waals surface area contributed by atoms with Gasteiger partial charge < -0.3 is 10.2 Å².